The molecule has 8 nitrogen and oxygen atoms in total. The molecule has 4 rings (SSSR count). The van der Waals surface area contributed by atoms with E-state index in [1.807, 2.05) is 0 Å². The van der Waals surface area contributed by atoms with Crippen LogP contribution in [0.5, 0.6) is 0 Å². The summed E-state index contributed by atoms with van der Waals surface area (Å²) in [5.41, 5.74) is 0.371. The molecule has 11 heteroatoms. The van der Waals surface area contributed by atoms with Gasteiger partial charge in [-0.1, -0.05) is 11.6 Å². The number of hydrogen-bond donors (Lipinski definition) is 3. The van der Waals surface area contributed by atoms with E-state index in [1.54, 1.807) is 12.1 Å². The molecule has 2 heterocycles. The normalized spacial score (nSPS) is 23.3. The highest BCUT2D eigenvalue weighted by molar-refractivity contribution is 7.18. The first-order chi connectivity index (χ1) is 15.3. The second kappa shape index (κ2) is 9.53. The van der Waals surface area contributed by atoms with Gasteiger partial charge in [0.2, 0.25) is 5.91 Å². The van der Waals surface area contributed by atoms with Gasteiger partial charge >= 0.3 is 0 Å². The maximum Gasteiger partial charge on any atom is 0.261 e. The van der Waals surface area contributed by atoms with Crippen LogP contribution in [0.25, 0.3) is 0 Å². The number of morpholine rings is 1. The van der Waals surface area contributed by atoms with E-state index < -0.39 is 23.9 Å². The Hall–Kier alpha value is -2.53. The zero-order valence-electron chi connectivity index (χ0n) is 16.8. The topological polar surface area (TPSA) is 108 Å². The number of aliphatic hydroxyl groups is 1. The molecule has 1 aromatic carbocycles. The van der Waals surface area contributed by atoms with Crippen molar-refractivity contribution in [3.05, 3.63) is 45.4 Å². The SMILES string of the molecule is O=C(N[C@H]1C[C@@H](C(=O)Nc2ccc(N3CCOCC3=O)c(F)c2)C[C@@H]1O)c1ccc(Cl)s1. The number of nitrogens with one attached hydrogen (secondary N) is 2. The third-order valence-corrected chi connectivity index (χ3v) is 6.73. The summed E-state index contributed by atoms with van der Waals surface area (Å²) in [5, 5.41) is 15.7. The zero-order valence-corrected chi connectivity index (χ0v) is 18.4. The summed E-state index contributed by atoms with van der Waals surface area (Å²) in [4.78, 5) is 38.6. The molecular weight excluding hydrogens is 461 g/mol. The minimum Gasteiger partial charge on any atom is -0.391 e. The van der Waals surface area contributed by atoms with Crippen molar-refractivity contribution in [1.29, 1.82) is 0 Å². The molecule has 0 unspecified atom stereocenters. The van der Waals surface area contributed by atoms with E-state index in [1.165, 1.54) is 17.0 Å². The summed E-state index contributed by atoms with van der Waals surface area (Å²) in [6.45, 7) is 0.482. The fourth-order valence-electron chi connectivity index (χ4n) is 3.88. The number of benzene rings is 1. The van der Waals surface area contributed by atoms with Crippen LogP contribution in [-0.4, -0.2) is 54.7 Å². The third-order valence-electron chi connectivity index (χ3n) is 5.51. The Kier molecular flexibility index (Phi) is 6.75. The van der Waals surface area contributed by atoms with E-state index in [2.05, 4.69) is 10.6 Å². The van der Waals surface area contributed by atoms with Crippen LogP contribution in [0.1, 0.15) is 22.5 Å². The van der Waals surface area contributed by atoms with Crippen LogP contribution in [0.2, 0.25) is 4.34 Å². The van der Waals surface area contributed by atoms with E-state index in [9.17, 15) is 23.9 Å². The Morgan fingerprint density at radius 3 is 2.75 bits per heavy atom. The molecule has 1 aliphatic heterocycles. The second-order valence-electron chi connectivity index (χ2n) is 7.67. The quantitative estimate of drug-likeness (QED) is 0.608. The Labute approximate surface area is 192 Å². The van der Waals surface area contributed by atoms with Gasteiger partial charge in [0.25, 0.3) is 11.8 Å². The highest BCUT2D eigenvalue weighted by Crippen LogP contribution is 2.30. The highest BCUT2D eigenvalue weighted by Gasteiger charge is 2.38. The summed E-state index contributed by atoms with van der Waals surface area (Å²) in [7, 11) is 0. The number of rotatable bonds is 5. The average molecular weight is 482 g/mol. The zero-order chi connectivity index (χ0) is 22.8. The molecule has 170 valence electrons. The Morgan fingerprint density at radius 2 is 2.06 bits per heavy atom. The van der Waals surface area contributed by atoms with E-state index in [-0.39, 0.29) is 55.1 Å². The lowest BCUT2D eigenvalue weighted by molar-refractivity contribution is -0.125. The van der Waals surface area contributed by atoms with Gasteiger partial charge in [-0.25, -0.2) is 4.39 Å². The van der Waals surface area contributed by atoms with E-state index >= 15 is 0 Å². The van der Waals surface area contributed by atoms with Gasteiger partial charge in [-0.3, -0.25) is 14.4 Å². The van der Waals surface area contributed by atoms with Crippen LogP contribution >= 0.6 is 22.9 Å². The number of carbonyl (C=O) groups is 3. The summed E-state index contributed by atoms with van der Waals surface area (Å²) in [5.74, 6) is -2.25. The van der Waals surface area contributed by atoms with Crippen LogP contribution in [0.15, 0.2) is 30.3 Å². The van der Waals surface area contributed by atoms with Gasteiger partial charge in [0.15, 0.2) is 0 Å². The van der Waals surface area contributed by atoms with Gasteiger partial charge < -0.3 is 25.4 Å². The molecule has 1 aliphatic carbocycles. The van der Waals surface area contributed by atoms with Crippen molar-refractivity contribution >= 4 is 52.0 Å². The predicted molar refractivity (Wildman–Crippen MR) is 118 cm³/mol. The summed E-state index contributed by atoms with van der Waals surface area (Å²) in [6.07, 6.45) is -0.456. The van der Waals surface area contributed by atoms with Crippen molar-refractivity contribution in [3.63, 3.8) is 0 Å². The molecule has 32 heavy (non-hydrogen) atoms. The third kappa shape index (κ3) is 4.93. The number of halogens is 2. The van der Waals surface area contributed by atoms with Crippen LogP contribution in [-0.2, 0) is 14.3 Å². The molecule has 2 aliphatic rings. The number of carbonyl (C=O) groups excluding carboxylic acids is 3. The maximum atomic E-state index is 14.6. The number of amides is 3. The molecule has 1 aromatic heterocycles. The molecule has 1 saturated heterocycles. The average Bonchev–Trinajstić information content (AvgIpc) is 3.35. The van der Waals surface area contributed by atoms with Crippen LogP contribution in [0, 0.1) is 11.7 Å². The number of aliphatic hydroxyl groups excluding tert-OH is 1. The maximum absolute atomic E-state index is 14.6. The fourth-order valence-corrected chi connectivity index (χ4v) is 4.83. The molecule has 3 N–H and O–H groups in total. The molecule has 2 aromatic rings. The van der Waals surface area contributed by atoms with Crippen LogP contribution in [0.4, 0.5) is 15.8 Å². The fraction of sp³-hybridized carbons (Fsp3) is 0.381. The molecule has 0 bridgehead atoms. The van der Waals surface area contributed by atoms with Crippen molar-refractivity contribution in [2.75, 3.05) is 30.0 Å². The van der Waals surface area contributed by atoms with Crippen molar-refractivity contribution in [1.82, 2.24) is 5.32 Å². The van der Waals surface area contributed by atoms with Crippen molar-refractivity contribution < 1.29 is 28.6 Å². The summed E-state index contributed by atoms with van der Waals surface area (Å²) >= 11 is 6.98. The van der Waals surface area contributed by atoms with E-state index in [0.29, 0.717) is 15.8 Å². The van der Waals surface area contributed by atoms with E-state index in [4.69, 9.17) is 16.3 Å². The number of anilines is 2. The second-order valence-corrected chi connectivity index (χ2v) is 9.39. The predicted octanol–water partition coefficient (Wildman–Crippen LogP) is 2.41. The first-order valence-corrected chi connectivity index (χ1v) is 11.2. The Morgan fingerprint density at radius 1 is 1.25 bits per heavy atom. The minimum atomic E-state index is -0.878. The number of ether oxygens (including phenoxy) is 1. The first-order valence-electron chi connectivity index (χ1n) is 10.0. The van der Waals surface area contributed by atoms with Gasteiger partial charge in [0, 0.05) is 18.2 Å². The highest BCUT2D eigenvalue weighted by atomic mass is 35.5. The minimum absolute atomic E-state index is 0.0981. The number of thiophene rings is 1. The van der Waals surface area contributed by atoms with Gasteiger partial charge in [0.05, 0.1) is 33.7 Å². The van der Waals surface area contributed by atoms with E-state index in [0.717, 1.165) is 17.4 Å². The number of hydrogen-bond acceptors (Lipinski definition) is 6. The lowest BCUT2D eigenvalue weighted by atomic mass is 10.1. The van der Waals surface area contributed by atoms with Crippen molar-refractivity contribution in [3.8, 4) is 0 Å². The summed E-state index contributed by atoms with van der Waals surface area (Å²) < 4.78 is 20.1. The van der Waals surface area contributed by atoms with Crippen molar-refractivity contribution in [2.45, 2.75) is 25.0 Å². The lowest BCUT2D eigenvalue weighted by Crippen LogP contribution is -2.42. The smallest absolute Gasteiger partial charge is 0.261 e. The van der Waals surface area contributed by atoms with Gasteiger partial charge in [0.1, 0.15) is 12.4 Å². The van der Waals surface area contributed by atoms with Crippen LogP contribution < -0.4 is 15.5 Å². The molecular formula is C21H21ClFN3O5S. The molecule has 2 fully saturated rings. The standard InChI is InChI=1S/C21H21ClFN3O5S/c22-18-4-3-17(32-18)21(30)25-14-7-11(8-16(14)27)20(29)24-12-1-2-15(13(23)9-12)26-5-6-31-10-19(26)28/h1-4,9,11,14,16,27H,5-8,10H2,(H,24,29)(H,25,30)/t11-,14+,16+/m1/s1. The molecule has 3 atom stereocenters. The molecule has 0 spiro atoms. The van der Waals surface area contributed by atoms with Crippen molar-refractivity contribution in [2.24, 2.45) is 5.92 Å². The van der Waals surface area contributed by atoms with Gasteiger partial charge in [-0.05, 0) is 43.2 Å². The Bertz CT molecular complexity index is 1050. The largest absolute Gasteiger partial charge is 0.391 e. The lowest BCUT2D eigenvalue weighted by Gasteiger charge is -2.27. The molecule has 1 saturated carbocycles. The van der Waals surface area contributed by atoms with Gasteiger partial charge in [-0.15, -0.1) is 11.3 Å². The van der Waals surface area contributed by atoms with Gasteiger partial charge in [-0.2, -0.15) is 0 Å². The first kappa shape index (κ1) is 22.7. The molecule has 3 amide bonds. The number of nitrogens with zero attached hydrogens (tertiary/aromatic N) is 1. The molecule has 0 radical (unpaired) electrons. The van der Waals surface area contributed by atoms with Crippen LogP contribution in [0.3, 0.4) is 0 Å². The summed E-state index contributed by atoms with van der Waals surface area (Å²) in [6, 6.07) is 6.74. The monoisotopic (exact) mass is 481 g/mol. The Balaban J connectivity index is 1.36.